The summed E-state index contributed by atoms with van der Waals surface area (Å²) in [6.07, 6.45) is 15.1. The van der Waals surface area contributed by atoms with Gasteiger partial charge < -0.3 is 5.11 Å². The van der Waals surface area contributed by atoms with Gasteiger partial charge in [-0.1, -0.05) is 61.3 Å². The Morgan fingerprint density at radius 2 is 2.04 bits per heavy atom. The number of aromatic amines is 1. The van der Waals surface area contributed by atoms with Gasteiger partial charge in [-0.15, -0.1) is 0 Å². The zero-order valence-electron chi connectivity index (χ0n) is 15.4. The molecular formula is C21H27NO2S. The Morgan fingerprint density at radius 3 is 2.68 bits per heavy atom. The Balaban J connectivity index is 2.04. The molecule has 2 rings (SSSR count). The lowest BCUT2D eigenvalue weighted by Crippen LogP contribution is -2.19. The molecule has 134 valence electrons. The lowest BCUT2D eigenvalue weighted by atomic mass is 9.74. The molecule has 1 aliphatic carbocycles. The number of hydrogen-bond acceptors (Lipinski definition) is 3. The first-order valence-corrected chi connectivity index (χ1v) is 9.42. The number of aliphatic hydroxyl groups excluding tert-OH is 1. The van der Waals surface area contributed by atoms with Crippen LogP contribution in [0.25, 0.3) is 6.08 Å². The molecule has 0 saturated heterocycles. The predicted octanol–water partition coefficient (Wildman–Crippen LogP) is 5.92. The molecule has 0 radical (unpaired) electrons. The van der Waals surface area contributed by atoms with Crippen molar-refractivity contribution >= 4 is 17.6 Å². The highest BCUT2D eigenvalue weighted by Crippen LogP contribution is 2.40. The molecule has 0 aromatic carbocycles. The molecule has 0 spiro atoms. The summed E-state index contributed by atoms with van der Waals surface area (Å²) in [5, 5.41) is 10.2. The average molecular weight is 358 g/mol. The van der Waals surface area contributed by atoms with Crippen molar-refractivity contribution in [3.05, 3.63) is 74.2 Å². The number of hydrogen-bond donors (Lipinski definition) is 2. The van der Waals surface area contributed by atoms with Crippen molar-refractivity contribution in [3.63, 3.8) is 0 Å². The van der Waals surface area contributed by atoms with E-state index in [-0.39, 0.29) is 11.0 Å². The van der Waals surface area contributed by atoms with Crippen LogP contribution in [0.15, 0.2) is 63.7 Å². The maximum Gasteiger partial charge on any atom is 0.258 e. The maximum absolute atomic E-state index is 11.1. The van der Waals surface area contributed by atoms with Crippen LogP contribution in [0.4, 0.5) is 0 Å². The van der Waals surface area contributed by atoms with Gasteiger partial charge in [-0.25, -0.2) is 0 Å². The lowest BCUT2D eigenvalue weighted by molar-refractivity contribution is 0.292. The van der Waals surface area contributed by atoms with E-state index in [1.807, 2.05) is 44.2 Å². The molecule has 0 amide bonds. The highest BCUT2D eigenvalue weighted by Gasteiger charge is 2.28. The minimum absolute atomic E-state index is 0.0341. The van der Waals surface area contributed by atoms with Crippen LogP contribution in [0.3, 0.4) is 0 Å². The highest BCUT2D eigenvalue weighted by molar-refractivity contribution is 7.06. The van der Waals surface area contributed by atoms with E-state index in [1.165, 1.54) is 11.5 Å². The van der Waals surface area contributed by atoms with E-state index in [9.17, 15) is 9.90 Å². The first-order chi connectivity index (χ1) is 11.8. The average Bonchev–Trinajstić information content (AvgIpc) is 2.91. The Kier molecular flexibility index (Phi) is 6.43. The van der Waals surface area contributed by atoms with Crippen LogP contribution in [0, 0.1) is 5.41 Å². The summed E-state index contributed by atoms with van der Waals surface area (Å²) >= 11 is 1.34. The van der Waals surface area contributed by atoms with Gasteiger partial charge in [0.25, 0.3) is 5.56 Å². The lowest BCUT2D eigenvalue weighted by Gasteiger charge is -2.31. The van der Waals surface area contributed by atoms with E-state index in [0.717, 1.165) is 40.9 Å². The molecule has 1 heterocycles. The van der Waals surface area contributed by atoms with Crippen molar-refractivity contribution < 1.29 is 5.11 Å². The fourth-order valence-electron chi connectivity index (χ4n) is 2.94. The van der Waals surface area contributed by atoms with E-state index in [1.54, 1.807) is 6.07 Å². The summed E-state index contributed by atoms with van der Waals surface area (Å²) in [4.78, 5) is 12.0. The summed E-state index contributed by atoms with van der Waals surface area (Å²) in [6.45, 7) is 8.42. The van der Waals surface area contributed by atoms with Crippen molar-refractivity contribution in [3.8, 4) is 0 Å². The van der Waals surface area contributed by atoms with Crippen molar-refractivity contribution in [1.29, 1.82) is 0 Å². The smallest absolute Gasteiger partial charge is 0.258 e. The molecule has 0 bridgehead atoms. The molecule has 0 atom stereocenters. The van der Waals surface area contributed by atoms with Gasteiger partial charge in [0.15, 0.2) is 0 Å². The Bertz CT molecular complexity index is 813. The molecule has 1 aromatic rings. The minimum atomic E-state index is -0.0582. The second-order valence-electron chi connectivity index (χ2n) is 7.20. The SMILES string of the molecule is CC(/C=C/C1=C(O)CCCC1(C)C)=C\C=C\C(C)=C\c1cc(=O)[nH]s1. The molecule has 0 unspecified atom stereocenters. The normalized spacial score (nSPS) is 19.4. The van der Waals surface area contributed by atoms with Crippen molar-refractivity contribution in [2.75, 3.05) is 0 Å². The van der Waals surface area contributed by atoms with Gasteiger partial charge in [-0.2, -0.15) is 0 Å². The molecule has 1 aliphatic rings. The second-order valence-corrected chi connectivity index (χ2v) is 8.08. The third kappa shape index (κ3) is 5.75. The molecule has 0 aliphatic heterocycles. The molecule has 0 saturated carbocycles. The topological polar surface area (TPSA) is 53.1 Å². The van der Waals surface area contributed by atoms with Crippen LogP contribution in [0.5, 0.6) is 0 Å². The van der Waals surface area contributed by atoms with Crippen LogP contribution in [0.2, 0.25) is 0 Å². The van der Waals surface area contributed by atoms with Crippen LogP contribution in [0.1, 0.15) is 51.8 Å². The Morgan fingerprint density at radius 1 is 1.28 bits per heavy atom. The number of allylic oxidation sites excluding steroid dienone is 9. The van der Waals surface area contributed by atoms with Crippen LogP contribution in [-0.4, -0.2) is 9.48 Å². The first-order valence-electron chi connectivity index (χ1n) is 8.60. The highest BCUT2D eigenvalue weighted by atomic mass is 32.1. The van der Waals surface area contributed by atoms with E-state index in [2.05, 4.69) is 24.3 Å². The second kappa shape index (κ2) is 8.34. The number of H-pyrrole nitrogens is 1. The largest absolute Gasteiger partial charge is 0.512 e. The van der Waals surface area contributed by atoms with Gasteiger partial charge >= 0.3 is 0 Å². The third-order valence-electron chi connectivity index (χ3n) is 4.40. The summed E-state index contributed by atoms with van der Waals surface area (Å²) in [6, 6.07) is 1.60. The molecule has 2 N–H and O–H groups in total. The first kappa shape index (κ1) is 19.3. The third-order valence-corrected chi connectivity index (χ3v) is 5.17. The molecular weight excluding hydrogens is 330 g/mol. The zero-order valence-corrected chi connectivity index (χ0v) is 16.2. The standard InChI is InChI=1S/C21H27NO2S/c1-15(10-11-18-19(23)9-6-12-21(18,3)4)7-5-8-16(2)13-17-14-20(24)22-25-17/h5,7-8,10-11,13-14,23H,6,9,12H2,1-4H3,(H,22,24)/b8-5+,11-10+,15-7+,16-13+. The van der Waals surface area contributed by atoms with Crippen LogP contribution in [-0.2, 0) is 0 Å². The Labute approximate surface area is 154 Å². The van der Waals surface area contributed by atoms with Crippen molar-refractivity contribution in [1.82, 2.24) is 4.37 Å². The number of nitrogens with one attached hydrogen (secondary N) is 1. The quantitative estimate of drug-likeness (QED) is 0.643. The van der Waals surface area contributed by atoms with Gasteiger partial charge in [-0.05, 0) is 49.3 Å². The van der Waals surface area contributed by atoms with Gasteiger partial charge in [0.2, 0.25) is 0 Å². The Hall–Kier alpha value is -2.07. The summed E-state index contributed by atoms with van der Waals surface area (Å²) in [5.41, 5.74) is 3.23. The number of aromatic nitrogens is 1. The molecule has 0 fully saturated rings. The van der Waals surface area contributed by atoms with Crippen LogP contribution >= 0.6 is 11.5 Å². The zero-order chi connectivity index (χ0) is 18.4. The van der Waals surface area contributed by atoms with Gasteiger partial charge in [0.1, 0.15) is 0 Å². The van der Waals surface area contributed by atoms with Gasteiger partial charge in [-0.3, -0.25) is 9.17 Å². The van der Waals surface area contributed by atoms with E-state index < -0.39 is 0 Å². The number of rotatable bonds is 5. The monoisotopic (exact) mass is 357 g/mol. The summed E-state index contributed by atoms with van der Waals surface area (Å²) in [5.74, 6) is 0.528. The van der Waals surface area contributed by atoms with Gasteiger partial charge in [0.05, 0.1) is 5.76 Å². The summed E-state index contributed by atoms with van der Waals surface area (Å²) in [7, 11) is 0. The minimum Gasteiger partial charge on any atom is -0.512 e. The van der Waals surface area contributed by atoms with Crippen LogP contribution < -0.4 is 5.56 Å². The number of aliphatic hydroxyl groups is 1. The maximum atomic E-state index is 11.1. The molecule has 3 nitrogen and oxygen atoms in total. The van der Waals surface area contributed by atoms with Gasteiger partial charge in [0, 0.05) is 17.4 Å². The fraction of sp³-hybridized carbons (Fsp3) is 0.381. The predicted molar refractivity (Wildman–Crippen MR) is 108 cm³/mol. The summed E-state index contributed by atoms with van der Waals surface area (Å²) < 4.78 is 2.68. The van der Waals surface area contributed by atoms with E-state index in [0.29, 0.717) is 5.76 Å². The van der Waals surface area contributed by atoms with E-state index in [4.69, 9.17) is 0 Å². The molecule has 4 heteroatoms. The molecule has 25 heavy (non-hydrogen) atoms. The fourth-order valence-corrected chi connectivity index (χ4v) is 3.63. The van der Waals surface area contributed by atoms with E-state index >= 15 is 0 Å². The van der Waals surface area contributed by atoms with Crippen molar-refractivity contribution in [2.24, 2.45) is 5.41 Å². The van der Waals surface area contributed by atoms with Crippen molar-refractivity contribution in [2.45, 2.75) is 47.0 Å². The molecule has 1 aromatic heterocycles.